The monoisotopic (exact) mass is 421 g/mol. The number of carbonyl (C=O) groups excluding carboxylic acids is 1. The molecular formula is C24H27N3O4. The first-order chi connectivity index (χ1) is 15.1. The maximum absolute atomic E-state index is 12.9. The Hall–Kier alpha value is -3.48. The van der Waals surface area contributed by atoms with E-state index in [2.05, 4.69) is 16.1 Å². The first-order valence-electron chi connectivity index (χ1n) is 10.4. The van der Waals surface area contributed by atoms with Crippen LogP contribution in [0.4, 0.5) is 5.69 Å². The van der Waals surface area contributed by atoms with Crippen molar-refractivity contribution in [2.75, 3.05) is 38.2 Å². The van der Waals surface area contributed by atoms with Crippen molar-refractivity contribution in [3.8, 4) is 11.5 Å². The minimum atomic E-state index is 0.0388. The lowest BCUT2D eigenvalue weighted by Gasteiger charge is -2.36. The number of amides is 1. The highest BCUT2D eigenvalue weighted by Crippen LogP contribution is 2.28. The topological polar surface area (TPSA) is 68.0 Å². The largest absolute Gasteiger partial charge is 0.495 e. The fourth-order valence-electron chi connectivity index (χ4n) is 3.78. The summed E-state index contributed by atoms with van der Waals surface area (Å²) < 4.78 is 16.5. The zero-order valence-corrected chi connectivity index (χ0v) is 18.1. The lowest BCUT2D eigenvalue weighted by Crippen LogP contribution is -2.48. The van der Waals surface area contributed by atoms with Crippen LogP contribution in [0.1, 0.15) is 27.4 Å². The van der Waals surface area contributed by atoms with Crippen molar-refractivity contribution in [3.05, 3.63) is 71.1 Å². The fourth-order valence-corrected chi connectivity index (χ4v) is 3.78. The zero-order valence-electron chi connectivity index (χ0n) is 18.1. The van der Waals surface area contributed by atoms with Crippen LogP contribution >= 0.6 is 0 Å². The van der Waals surface area contributed by atoms with E-state index in [1.807, 2.05) is 61.2 Å². The van der Waals surface area contributed by atoms with Gasteiger partial charge in [-0.1, -0.05) is 17.3 Å². The third kappa shape index (κ3) is 4.50. The third-order valence-electron chi connectivity index (χ3n) is 5.66. The van der Waals surface area contributed by atoms with E-state index in [1.165, 1.54) is 0 Å². The van der Waals surface area contributed by atoms with Gasteiger partial charge in [0.25, 0.3) is 5.91 Å². The molecule has 7 heteroatoms. The van der Waals surface area contributed by atoms with E-state index in [9.17, 15) is 4.79 Å². The second kappa shape index (κ2) is 9.12. The fraction of sp³-hybridized carbons (Fsp3) is 0.333. The summed E-state index contributed by atoms with van der Waals surface area (Å²) in [5.74, 6) is 2.36. The van der Waals surface area contributed by atoms with Crippen LogP contribution in [0.25, 0.3) is 0 Å². The van der Waals surface area contributed by atoms with Crippen molar-refractivity contribution < 1.29 is 18.8 Å². The third-order valence-corrected chi connectivity index (χ3v) is 5.66. The molecule has 4 rings (SSSR count). The van der Waals surface area contributed by atoms with Crippen LogP contribution < -0.4 is 14.4 Å². The molecule has 3 aromatic rings. The molecule has 2 aromatic carbocycles. The maximum atomic E-state index is 12.9. The minimum Gasteiger partial charge on any atom is -0.495 e. The van der Waals surface area contributed by atoms with Gasteiger partial charge in [-0.25, -0.2) is 0 Å². The molecule has 0 atom stereocenters. The van der Waals surface area contributed by atoms with E-state index >= 15 is 0 Å². The van der Waals surface area contributed by atoms with Crippen molar-refractivity contribution in [2.45, 2.75) is 20.5 Å². The zero-order chi connectivity index (χ0) is 21.8. The molecule has 0 unspecified atom stereocenters. The lowest BCUT2D eigenvalue weighted by atomic mass is 10.1. The molecule has 0 saturated carbocycles. The summed E-state index contributed by atoms with van der Waals surface area (Å²) in [5, 5.41) is 3.94. The van der Waals surface area contributed by atoms with Gasteiger partial charge in [-0.05, 0) is 50.2 Å². The van der Waals surface area contributed by atoms with E-state index in [-0.39, 0.29) is 5.91 Å². The highest BCUT2D eigenvalue weighted by atomic mass is 16.5. The molecule has 1 aromatic heterocycles. The Kier molecular flexibility index (Phi) is 6.11. The Labute approximate surface area is 182 Å². The average Bonchev–Trinajstić information content (AvgIpc) is 3.14. The first-order valence-corrected chi connectivity index (χ1v) is 10.4. The Balaban J connectivity index is 1.34. The molecule has 0 bridgehead atoms. The number of benzene rings is 2. The summed E-state index contributed by atoms with van der Waals surface area (Å²) in [4.78, 5) is 17.1. The number of aromatic nitrogens is 1. The smallest absolute Gasteiger partial charge is 0.253 e. The normalized spacial score (nSPS) is 13.9. The second-order valence-corrected chi connectivity index (χ2v) is 7.57. The van der Waals surface area contributed by atoms with Gasteiger partial charge >= 0.3 is 0 Å². The Morgan fingerprint density at radius 1 is 1.03 bits per heavy atom. The molecule has 1 fully saturated rings. The van der Waals surface area contributed by atoms with Crippen LogP contribution in [-0.4, -0.2) is 49.3 Å². The van der Waals surface area contributed by atoms with Crippen molar-refractivity contribution in [2.24, 2.45) is 0 Å². The van der Waals surface area contributed by atoms with E-state index in [0.717, 1.165) is 41.5 Å². The molecule has 1 aliphatic rings. The number of methoxy groups -OCH3 is 1. The van der Waals surface area contributed by atoms with Gasteiger partial charge in [0.1, 0.15) is 23.9 Å². The predicted molar refractivity (Wildman–Crippen MR) is 118 cm³/mol. The van der Waals surface area contributed by atoms with Gasteiger partial charge in [0.2, 0.25) is 0 Å². The number of carbonyl (C=O) groups is 1. The van der Waals surface area contributed by atoms with Crippen LogP contribution in [0.3, 0.4) is 0 Å². The van der Waals surface area contributed by atoms with E-state index in [0.29, 0.717) is 31.0 Å². The molecule has 31 heavy (non-hydrogen) atoms. The minimum absolute atomic E-state index is 0.0388. The number of hydrogen-bond acceptors (Lipinski definition) is 6. The van der Waals surface area contributed by atoms with E-state index in [4.69, 9.17) is 14.0 Å². The number of ether oxygens (including phenoxy) is 2. The molecule has 7 nitrogen and oxygen atoms in total. The van der Waals surface area contributed by atoms with Gasteiger partial charge in [0.15, 0.2) is 0 Å². The summed E-state index contributed by atoms with van der Waals surface area (Å²) in [6, 6.07) is 15.3. The summed E-state index contributed by atoms with van der Waals surface area (Å²) >= 11 is 0. The summed E-state index contributed by atoms with van der Waals surface area (Å²) in [6.07, 6.45) is 0. The van der Waals surface area contributed by atoms with Crippen LogP contribution in [0.5, 0.6) is 11.5 Å². The molecule has 1 saturated heterocycles. The number of aryl methyl sites for hydroxylation is 2. The highest BCUT2D eigenvalue weighted by Gasteiger charge is 2.23. The number of nitrogens with zero attached hydrogens (tertiary/aromatic N) is 3. The SMILES string of the molecule is COc1ccccc1N1CCN(C(=O)c2ccc(OCc3c(C)noc3C)cc2)CC1. The van der Waals surface area contributed by atoms with E-state index < -0.39 is 0 Å². The van der Waals surface area contributed by atoms with E-state index in [1.54, 1.807) is 7.11 Å². The van der Waals surface area contributed by atoms with Crippen LogP contribution in [0, 0.1) is 13.8 Å². The highest BCUT2D eigenvalue weighted by molar-refractivity contribution is 5.94. The van der Waals surface area contributed by atoms with Crippen LogP contribution in [0.15, 0.2) is 53.1 Å². The average molecular weight is 421 g/mol. The Morgan fingerprint density at radius 3 is 2.39 bits per heavy atom. The molecular weight excluding hydrogens is 394 g/mol. The first kappa shape index (κ1) is 20.8. The molecule has 0 radical (unpaired) electrons. The molecule has 0 spiro atoms. The van der Waals surface area contributed by atoms with Crippen molar-refractivity contribution in [3.63, 3.8) is 0 Å². The molecule has 0 N–H and O–H groups in total. The van der Waals surface area contributed by atoms with Crippen molar-refractivity contribution in [1.82, 2.24) is 10.1 Å². The Bertz CT molecular complexity index is 1020. The summed E-state index contributed by atoms with van der Waals surface area (Å²) in [6.45, 7) is 7.02. The maximum Gasteiger partial charge on any atom is 0.253 e. The van der Waals surface area contributed by atoms with Gasteiger partial charge in [-0.3, -0.25) is 4.79 Å². The van der Waals surface area contributed by atoms with Gasteiger partial charge in [-0.15, -0.1) is 0 Å². The van der Waals surface area contributed by atoms with Crippen LogP contribution in [0.2, 0.25) is 0 Å². The number of hydrogen-bond donors (Lipinski definition) is 0. The number of rotatable bonds is 6. The van der Waals surface area contributed by atoms with Crippen molar-refractivity contribution >= 4 is 11.6 Å². The molecule has 1 amide bonds. The molecule has 0 aliphatic carbocycles. The van der Waals surface area contributed by atoms with Crippen molar-refractivity contribution in [1.29, 1.82) is 0 Å². The molecule has 162 valence electrons. The quantitative estimate of drug-likeness (QED) is 0.602. The lowest BCUT2D eigenvalue weighted by molar-refractivity contribution is 0.0746. The van der Waals surface area contributed by atoms with Gasteiger partial charge in [0.05, 0.1) is 24.1 Å². The number of piperazine rings is 1. The standard InChI is InChI=1S/C24H27N3O4/c1-17-21(18(2)31-25-17)16-30-20-10-8-19(9-11-20)24(28)27-14-12-26(13-15-27)22-6-4-5-7-23(22)29-3/h4-11H,12-16H2,1-3H3. The number of para-hydroxylation sites is 2. The molecule has 1 aliphatic heterocycles. The molecule has 2 heterocycles. The second-order valence-electron chi connectivity index (χ2n) is 7.57. The predicted octanol–water partition coefficient (Wildman–Crippen LogP) is 3.84. The number of anilines is 1. The van der Waals surface area contributed by atoms with Gasteiger partial charge < -0.3 is 23.8 Å². The summed E-state index contributed by atoms with van der Waals surface area (Å²) in [5.41, 5.74) is 3.51. The summed E-state index contributed by atoms with van der Waals surface area (Å²) in [7, 11) is 1.68. The van der Waals surface area contributed by atoms with Gasteiger partial charge in [0, 0.05) is 31.7 Å². The van der Waals surface area contributed by atoms with Crippen LogP contribution in [-0.2, 0) is 6.61 Å². The Morgan fingerprint density at radius 2 is 1.74 bits per heavy atom. The van der Waals surface area contributed by atoms with Gasteiger partial charge in [-0.2, -0.15) is 0 Å².